The van der Waals surface area contributed by atoms with Gasteiger partial charge in [0.15, 0.2) is 6.61 Å². The third kappa shape index (κ3) is 5.13. The number of esters is 1. The quantitative estimate of drug-likeness (QED) is 0.602. The van der Waals surface area contributed by atoms with Crippen molar-refractivity contribution < 1.29 is 14.3 Å². The maximum atomic E-state index is 11.8. The number of ether oxygens (including phenoxy) is 1. The molecule has 0 unspecified atom stereocenters. The molecule has 0 saturated carbocycles. The van der Waals surface area contributed by atoms with E-state index >= 15 is 0 Å². The standard InChI is InChI=1S/C15H14INO3S/c1-10-6-12(16)2-3-13(10)17-14(18)8-20-15(19)7-11-4-5-21-9-11/h2-6,9H,7-8H2,1H3,(H,17,18). The van der Waals surface area contributed by atoms with Crippen molar-refractivity contribution in [3.05, 3.63) is 49.7 Å². The lowest BCUT2D eigenvalue weighted by Crippen LogP contribution is -2.22. The summed E-state index contributed by atoms with van der Waals surface area (Å²) in [6.07, 6.45) is 0.194. The zero-order valence-corrected chi connectivity index (χ0v) is 14.4. The third-order valence-electron chi connectivity index (χ3n) is 2.76. The van der Waals surface area contributed by atoms with Crippen LogP contribution in [0, 0.1) is 10.5 Å². The van der Waals surface area contributed by atoms with Crippen LogP contribution in [0.4, 0.5) is 5.69 Å². The fraction of sp³-hybridized carbons (Fsp3) is 0.200. The van der Waals surface area contributed by atoms with E-state index in [1.807, 2.05) is 41.9 Å². The number of hydrogen-bond donors (Lipinski definition) is 1. The van der Waals surface area contributed by atoms with Crippen LogP contribution in [0.15, 0.2) is 35.0 Å². The Morgan fingerprint density at radius 2 is 2.14 bits per heavy atom. The molecule has 1 amide bonds. The lowest BCUT2D eigenvalue weighted by atomic mass is 10.2. The van der Waals surface area contributed by atoms with Gasteiger partial charge in [-0.1, -0.05) is 0 Å². The number of halogens is 1. The van der Waals surface area contributed by atoms with Gasteiger partial charge in [-0.3, -0.25) is 9.59 Å². The summed E-state index contributed by atoms with van der Waals surface area (Å²) in [6, 6.07) is 7.58. The van der Waals surface area contributed by atoms with Gasteiger partial charge in [0.2, 0.25) is 0 Å². The monoisotopic (exact) mass is 415 g/mol. The molecule has 0 fully saturated rings. The summed E-state index contributed by atoms with van der Waals surface area (Å²) in [5.74, 6) is -0.735. The van der Waals surface area contributed by atoms with Gasteiger partial charge < -0.3 is 10.1 Å². The molecule has 2 aromatic rings. The lowest BCUT2D eigenvalue weighted by Gasteiger charge is -2.09. The summed E-state index contributed by atoms with van der Waals surface area (Å²) in [4.78, 5) is 23.3. The Hall–Kier alpha value is -1.41. The number of aryl methyl sites for hydroxylation is 1. The predicted molar refractivity (Wildman–Crippen MR) is 91.5 cm³/mol. The summed E-state index contributed by atoms with van der Waals surface area (Å²) in [5, 5.41) is 6.52. The Kier molecular flexibility index (Phi) is 5.75. The fourth-order valence-electron chi connectivity index (χ4n) is 1.71. The van der Waals surface area contributed by atoms with E-state index in [0.29, 0.717) is 0 Å². The molecule has 6 heteroatoms. The van der Waals surface area contributed by atoms with Gasteiger partial charge in [0, 0.05) is 9.26 Å². The molecule has 0 radical (unpaired) electrons. The Balaban J connectivity index is 1.80. The predicted octanol–water partition coefficient (Wildman–Crippen LogP) is 3.39. The van der Waals surface area contributed by atoms with Gasteiger partial charge >= 0.3 is 5.97 Å². The Labute approximate surface area is 140 Å². The SMILES string of the molecule is Cc1cc(I)ccc1NC(=O)COC(=O)Cc1ccsc1. The highest BCUT2D eigenvalue weighted by Crippen LogP contribution is 2.17. The van der Waals surface area contributed by atoms with Crippen LogP contribution in [0.25, 0.3) is 0 Å². The van der Waals surface area contributed by atoms with Crippen LogP contribution in [0.2, 0.25) is 0 Å². The van der Waals surface area contributed by atoms with Crippen LogP contribution >= 0.6 is 33.9 Å². The normalized spacial score (nSPS) is 10.2. The second kappa shape index (κ2) is 7.56. The van der Waals surface area contributed by atoms with Gasteiger partial charge in [-0.25, -0.2) is 0 Å². The minimum Gasteiger partial charge on any atom is -0.455 e. The summed E-state index contributed by atoms with van der Waals surface area (Å²) < 4.78 is 6.07. The van der Waals surface area contributed by atoms with Gasteiger partial charge in [-0.05, 0) is 75.7 Å². The zero-order valence-electron chi connectivity index (χ0n) is 11.4. The van der Waals surface area contributed by atoms with Crippen molar-refractivity contribution in [1.82, 2.24) is 0 Å². The number of nitrogens with one attached hydrogen (secondary N) is 1. The van der Waals surface area contributed by atoms with E-state index in [9.17, 15) is 9.59 Å². The molecule has 0 spiro atoms. The number of anilines is 1. The summed E-state index contributed by atoms with van der Waals surface area (Å²) in [5.41, 5.74) is 2.60. The van der Waals surface area contributed by atoms with Crippen LogP contribution in [0.3, 0.4) is 0 Å². The first kappa shape index (κ1) is 16.0. The topological polar surface area (TPSA) is 55.4 Å². The van der Waals surface area contributed by atoms with E-state index in [2.05, 4.69) is 27.9 Å². The van der Waals surface area contributed by atoms with Gasteiger partial charge in [-0.2, -0.15) is 11.3 Å². The average molecular weight is 415 g/mol. The van der Waals surface area contributed by atoms with E-state index in [1.54, 1.807) is 0 Å². The van der Waals surface area contributed by atoms with Crippen LogP contribution in [0.1, 0.15) is 11.1 Å². The average Bonchev–Trinajstić information content (AvgIpc) is 2.92. The molecular weight excluding hydrogens is 401 g/mol. The molecule has 2 rings (SSSR count). The first-order valence-electron chi connectivity index (χ1n) is 6.27. The molecule has 21 heavy (non-hydrogen) atoms. The van der Waals surface area contributed by atoms with Gasteiger partial charge in [-0.15, -0.1) is 0 Å². The summed E-state index contributed by atoms with van der Waals surface area (Å²) in [6.45, 7) is 1.65. The number of rotatable bonds is 5. The highest BCUT2D eigenvalue weighted by atomic mass is 127. The van der Waals surface area contributed by atoms with Gasteiger partial charge in [0.1, 0.15) is 0 Å². The molecule has 0 atom stereocenters. The largest absolute Gasteiger partial charge is 0.455 e. The number of amides is 1. The summed E-state index contributed by atoms with van der Waals surface area (Å²) >= 11 is 3.73. The lowest BCUT2D eigenvalue weighted by molar-refractivity contribution is -0.146. The van der Waals surface area contributed by atoms with Crippen LogP contribution in [-0.2, 0) is 20.7 Å². The van der Waals surface area contributed by atoms with E-state index in [1.165, 1.54) is 11.3 Å². The molecule has 0 aliphatic heterocycles. The highest BCUT2D eigenvalue weighted by molar-refractivity contribution is 14.1. The Morgan fingerprint density at radius 3 is 2.81 bits per heavy atom. The molecule has 0 bridgehead atoms. The van der Waals surface area contributed by atoms with E-state index in [0.717, 1.165) is 20.4 Å². The van der Waals surface area contributed by atoms with Crippen molar-refractivity contribution in [3.63, 3.8) is 0 Å². The molecule has 110 valence electrons. The second-order valence-electron chi connectivity index (χ2n) is 4.48. The number of thiophene rings is 1. The number of hydrogen-bond acceptors (Lipinski definition) is 4. The van der Waals surface area contributed by atoms with E-state index < -0.39 is 5.97 Å². The van der Waals surface area contributed by atoms with Crippen molar-refractivity contribution in [2.24, 2.45) is 0 Å². The van der Waals surface area contributed by atoms with Crippen LogP contribution in [0.5, 0.6) is 0 Å². The van der Waals surface area contributed by atoms with Crippen molar-refractivity contribution in [3.8, 4) is 0 Å². The molecule has 1 N–H and O–H groups in total. The zero-order chi connectivity index (χ0) is 15.2. The molecule has 0 aliphatic rings. The Bertz CT molecular complexity index is 640. The smallest absolute Gasteiger partial charge is 0.310 e. The number of benzene rings is 1. The Morgan fingerprint density at radius 1 is 1.33 bits per heavy atom. The maximum Gasteiger partial charge on any atom is 0.310 e. The second-order valence-corrected chi connectivity index (χ2v) is 6.50. The maximum absolute atomic E-state index is 11.8. The molecule has 4 nitrogen and oxygen atoms in total. The van der Waals surface area contributed by atoms with Crippen molar-refractivity contribution >= 4 is 51.5 Å². The third-order valence-corrected chi connectivity index (χ3v) is 4.16. The van der Waals surface area contributed by atoms with Crippen LogP contribution in [-0.4, -0.2) is 18.5 Å². The van der Waals surface area contributed by atoms with Gasteiger partial charge in [0.05, 0.1) is 6.42 Å². The molecule has 1 heterocycles. The van der Waals surface area contributed by atoms with Crippen molar-refractivity contribution in [1.29, 1.82) is 0 Å². The van der Waals surface area contributed by atoms with E-state index in [4.69, 9.17) is 4.74 Å². The minimum absolute atomic E-state index is 0.194. The number of carbonyl (C=O) groups is 2. The van der Waals surface area contributed by atoms with Crippen LogP contribution < -0.4 is 5.32 Å². The molecule has 0 saturated heterocycles. The van der Waals surface area contributed by atoms with Crippen molar-refractivity contribution in [2.45, 2.75) is 13.3 Å². The van der Waals surface area contributed by atoms with Crippen molar-refractivity contribution in [2.75, 3.05) is 11.9 Å². The number of carbonyl (C=O) groups excluding carboxylic acids is 2. The molecular formula is C15H14INO3S. The minimum atomic E-state index is -0.400. The molecule has 1 aromatic carbocycles. The highest BCUT2D eigenvalue weighted by Gasteiger charge is 2.10. The van der Waals surface area contributed by atoms with E-state index in [-0.39, 0.29) is 18.9 Å². The fourth-order valence-corrected chi connectivity index (χ4v) is 3.03. The summed E-state index contributed by atoms with van der Waals surface area (Å²) in [7, 11) is 0. The first-order valence-corrected chi connectivity index (χ1v) is 8.29. The van der Waals surface area contributed by atoms with Gasteiger partial charge in [0.25, 0.3) is 5.91 Å². The molecule has 0 aliphatic carbocycles. The molecule has 1 aromatic heterocycles. The first-order chi connectivity index (χ1) is 10.0.